The van der Waals surface area contributed by atoms with Crippen LogP contribution in [0.15, 0.2) is 42.5 Å². The molecule has 0 bridgehead atoms. The van der Waals surface area contributed by atoms with Crippen LogP contribution in [0, 0.1) is 18.3 Å². The summed E-state index contributed by atoms with van der Waals surface area (Å²) >= 11 is 0. The summed E-state index contributed by atoms with van der Waals surface area (Å²) in [6, 6.07) is 13.3. The Morgan fingerprint density at radius 2 is 1.52 bits per heavy atom. The fraction of sp³-hybridized carbons (Fsp3) is 0.316. The second kappa shape index (κ2) is 6.67. The first-order chi connectivity index (χ1) is 11.9. The fourth-order valence-corrected chi connectivity index (χ4v) is 3.06. The molecule has 1 fully saturated rings. The van der Waals surface area contributed by atoms with E-state index in [1.807, 2.05) is 25.1 Å². The number of alkyl halides is 3. The highest BCUT2D eigenvalue weighted by atomic mass is 19.4. The van der Waals surface area contributed by atoms with E-state index in [9.17, 15) is 18.4 Å². The molecule has 0 N–H and O–H groups in total. The first-order valence-corrected chi connectivity index (χ1v) is 8.06. The molecule has 1 aliphatic heterocycles. The van der Waals surface area contributed by atoms with Crippen molar-refractivity contribution in [3.05, 3.63) is 59.2 Å². The van der Waals surface area contributed by atoms with Gasteiger partial charge in [0.2, 0.25) is 0 Å². The highest BCUT2D eigenvalue weighted by Crippen LogP contribution is 2.31. The minimum atomic E-state index is -4.31. The molecule has 0 aliphatic carbocycles. The molecule has 1 aliphatic rings. The van der Waals surface area contributed by atoms with Crippen LogP contribution in [0.25, 0.3) is 0 Å². The summed E-state index contributed by atoms with van der Waals surface area (Å²) in [5.41, 5.74) is 2.83. The van der Waals surface area contributed by atoms with E-state index in [-0.39, 0.29) is 0 Å². The average molecular weight is 345 g/mol. The molecule has 1 heterocycles. The predicted molar refractivity (Wildman–Crippen MR) is 91.8 cm³/mol. The molecule has 6 heteroatoms. The monoisotopic (exact) mass is 345 g/mol. The standard InChI is InChI=1S/C19H18F3N3/c1-14-2-3-15(13-23)18(12-14)25-10-8-24(9-11-25)17-6-4-16(5-7-17)19(20,21)22/h2-7,12H,8-11H2,1H3. The molecule has 25 heavy (non-hydrogen) atoms. The van der Waals surface area contributed by atoms with Gasteiger partial charge in [-0.05, 0) is 48.9 Å². The highest BCUT2D eigenvalue weighted by molar-refractivity contribution is 5.62. The molecule has 2 aromatic carbocycles. The minimum Gasteiger partial charge on any atom is -0.368 e. The summed E-state index contributed by atoms with van der Waals surface area (Å²) in [5.74, 6) is 0. The van der Waals surface area contributed by atoms with Crippen molar-refractivity contribution in [2.75, 3.05) is 36.0 Å². The Morgan fingerprint density at radius 1 is 0.920 bits per heavy atom. The van der Waals surface area contributed by atoms with Crippen LogP contribution in [0.2, 0.25) is 0 Å². The molecule has 0 spiro atoms. The van der Waals surface area contributed by atoms with E-state index in [2.05, 4.69) is 15.9 Å². The van der Waals surface area contributed by atoms with Gasteiger partial charge in [-0.1, -0.05) is 6.07 Å². The number of nitrogens with zero attached hydrogens (tertiary/aromatic N) is 3. The SMILES string of the molecule is Cc1ccc(C#N)c(N2CCN(c3ccc(C(F)(F)F)cc3)CC2)c1. The summed E-state index contributed by atoms with van der Waals surface area (Å²) < 4.78 is 38.0. The van der Waals surface area contributed by atoms with Crippen molar-refractivity contribution in [1.29, 1.82) is 5.26 Å². The molecule has 1 saturated heterocycles. The Balaban J connectivity index is 1.70. The first-order valence-electron chi connectivity index (χ1n) is 8.06. The van der Waals surface area contributed by atoms with Gasteiger partial charge >= 0.3 is 6.18 Å². The zero-order valence-corrected chi connectivity index (χ0v) is 13.8. The van der Waals surface area contributed by atoms with Crippen LogP contribution < -0.4 is 9.80 Å². The maximum atomic E-state index is 12.7. The van der Waals surface area contributed by atoms with Crippen LogP contribution in [0.4, 0.5) is 24.5 Å². The summed E-state index contributed by atoms with van der Waals surface area (Å²) in [6.07, 6.45) is -4.31. The molecule has 2 aromatic rings. The lowest BCUT2D eigenvalue weighted by atomic mass is 10.1. The largest absolute Gasteiger partial charge is 0.416 e. The number of rotatable bonds is 2. The number of hydrogen-bond acceptors (Lipinski definition) is 3. The molecular weight excluding hydrogens is 327 g/mol. The number of halogens is 3. The summed E-state index contributed by atoms with van der Waals surface area (Å²) in [7, 11) is 0. The number of nitriles is 1. The van der Waals surface area contributed by atoms with E-state index in [4.69, 9.17) is 0 Å². The van der Waals surface area contributed by atoms with Gasteiger partial charge in [-0.3, -0.25) is 0 Å². The normalized spacial score (nSPS) is 15.2. The Kier molecular flexibility index (Phi) is 4.58. The topological polar surface area (TPSA) is 30.3 Å². The number of benzene rings is 2. The maximum absolute atomic E-state index is 12.7. The Hall–Kier alpha value is -2.68. The Bertz CT molecular complexity index is 783. The van der Waals surface area contributed by atoms with Crippen molar-refractivity contribution < 1.29 is 13.2 Å². The van der Waals surface area contributed by atoms with Crippen molar-refractivity contribution >= 4 is 11.4 Å². The highest BCUT2D eigenvalue weighted by Gasteiger charge is 2.30. The van der Waals surface area contributed by atoms with Crippen LogP contribution in [0.3, 0.4) is 0 Å². The van der Waals surface area contributed by atoms with E-state index in [1.165, 1.54) is 12.1 Å². The second-order valence-electron chi connectivity index (χ2n) is 6.15. The van der Waals surface area contributed by atoms with E-state index < -0.39 is 11.7 Å². The van der Waals surface area contributed by atoms with Gasteiger partial charge < -0.3 is 9.80 Å². The van der Waals surface area contributed by atoms with Crippen LogP contribution in [0.5, 0.6) is 0 Å². The van der Waals surface area contributed by atoms with Gasteiger partial charge in [-0.2, -0.15) is 18.4 Å². The van der Waals surface area contributed by atoms with Crippen molar-refractivity contribution in [1.82, 2.24) is 0 Å². The van der Waals surface area contributed by atoms with Gasteiger partial charge in [0.15, 0.2) is 0 Å². The molecule has 0 radical (unpaired) electrons. The summed E-state index contributed by atoms with van der Waals surface area (Å²) in [5, 5.41) is 9.28. The molecule has 0 saturated carbocycles. The van der Waals surface area contributed by atoms with E-state index in [0.717, 1.165) is 42.2 Å². The molecule has 130 valence electrons. The van der Waals surface area contributed by atoms with Crippen molar-refractivity contribution in [3.63, 3.8) is 0 Å². The maximum Gasteiger partial charge on any atom is 0.416 e. The molecule has 0 unspecified atom stereocenters. The number of piperazine rings is 1. The Labute approximate surface area is 144 Å². The third kappa shape index (κ3) is 3.71. The number of hydrogen-bond donors (Lipinski definition) is 0. The van der Waals surface area contributed by atoms with E-state index >= 15 is 0 Å². The zero-order valence-electron chi connectivity index (χ0n) is 13.8. The summed E-state index contributed by atoms with van der Waals surface area (Å²) in [4.78, 5) is 4.23. The van der Waals surface area contributed by atoms with Crippen LogP contribution in [-0.2, 0) is 6.18 Å². The van der Waals surface area contributed by atoms with Gasteiger partial charge in [0.05, 0.1) is 16.8 Å². The molecule has 3 nitrogen and oxygen atoms in total. The lowest BCUT2D eigenvalue weighted by molar-refractivity contribution is -0.137. The van der Waals surface area contributed by atoms with Crippen molar-refractivity contribution in [2.24, 2.45) is 0 Å². The van der Waals surface area contributed by atoms with Gasteiger partial charge in [0.25, 0.3) is 0 Å². The van der Waals surface area contributed by atoms with E-state index in [0.29, 0.717) is 18.7 Å². The quantitative estimate of drug-likeness (QED) is 0.817. The van der Waals surface area contributed by atoms with Crippen LogP contribution in [-0.4, -0.2) is 26.2 Å². The second-order valence-corrected chi connectivity index (χ2v) is 6.15. The molecule has 3 rings (SSSR count). The summed E-state index contributed by atoms with van der Waals surface area (Å²) in [6.45, 7) is 4.83. The average Bonchev–Trinajstić information content (AvgIpc) is 2.61. The van der Waals surface area contributed by atoms with E-state index in [1.54, 1.807) is 0 Å². The van der Waals surface area contributed by atoms with Gasteiger partial charge in [-0.15, -0.1) is 0 Å². The van der Waals surface area contributed by atoms with Crippen LogP contribution >= 0.6 is 0 Å². The third-order valence-electron chi connectivity index (χ3n) is 4.45. The predicted octanol–water partition coefficient (Wildman–Crippen LogP) is 4.21. The number of anilines is 2. The number of aryl methyl sites for hydroxylation is 1. The van der Waals surface area contributed by atoms with Crippen LogP contribution in [0.1, 0.15) is 16.7 Å². The van der Waals surface area contributed by atoms with Gasteiger partial charge in [0.1, 0.15) is 6.07 Å². The molecule has 0 aromatic heterocycles. The molecule has 0 amide bonds. The first kappa shape index (κ1) is 17.2. The molecule has 0 atom stereocenters. The third-order valence-corrected chi connectivity index (χ3v) is 4.45. The zero-order chi connectivity index (χ0) is 18.0. The van der Waals surface area contributed by atoms with Gasteiger partial charge in [0, 0.05) is 31.9 Å². The Morgan fingerprint density at radius 3 is 2.08 bits per heavy atom. The minimum absolute atomic E-state index is 0.631. The lowest BCUT2D eigenvalue weighted by Crippen LogP contribution is -2.46. The van der Waals surface area contributed by atoms with Crippen molar-refractivity contribution in [3.8, 4) is 6.07 Å². The fourth-order valence-electron chi connectivity index (χ4n) is 3.06. The lowest BCUT2D eigenvalue weighted by Gasteiger charge is -2.37. The van der Waals surface area contributed by atoms with Gasteiger partial charge in [-0.25, -0.2) is 0 Å². The molecular formula is C19H18F3N3. The van der Waals surface area contributed by atoms with Crippen molar-refractivity contribution in [2.45, 2.75) is 13.1 Å². The smallest absolute Gasteiger partial charge is 0.368 e.